The van der Waals surface area contributed by atoms with E-state index >= 15 is 0 Å². The van der Waals surface area contributed by atoms with Crippen LogP contribution in [0.4, 0.5) is 4.70 Å². The average molecular weight is 150 g/mol. The van der Waals surface area contributed by atoms with Crippen molar-refractivity contribution in [2.24, 2.45) is 0 Å². The summed E-state index contributed by atoms with van der Waals surface area (Å²) in [5.41, 5.74) is 4.56. The minimum atomic E-state index is 0. The first-order valence-corrected chi connectivity index (χ1v) is 3.44. The molecule has 0 unspecified atom stereocenters. The first kappa shape index (κ1) is 10.2. The maximum Gasteiger partial charge on any atom is 0.114 e. The molecule has 0 aliphatic carbocycles. The predicted octanol–water partition coefficient (Wildman–Crippen LogP) is 1.56. The number of rotatable bonds is 0. The van der Waals surface area contributed by atoms with Crippen LogP contribution in [0.3, 0.4) is 0 Å². The van der Waals surface area contributed by atoms with Gasteiger partial charge in [0, 0.05) is 0 Å². The van der Waals surface area contributed by atoms with E-state index in [0.29, 0.717) is 0 Å². The fourth-order valence-electron chi connectivity index (χ4n) is 1.19. The molecular weight excluding hydrogens is 138 g/mol. The summed E-state index contributed by atoms with van der Waals surface area (Å²) < 4.78 is 0. The molecule has 0 saturated carbocycles. The first-order chi connectivity index (χ1) is 4.61. The highest BCUT2D eigenvalue weighted by Gasteiger charge is 1.95. The van der Waals surface area contributed by atoms with Crippen molar-refractivity contribution >= 4 is 13.3 Å². The largest absolute Gasteiger partial charge is 0.269 e. The number of aryl methyl sites for hydroxylation is 3. The number of benzene rings is 1. The van der Waals surface area contributed by atoms with Crippen molar-refractivity contribution < 1.29 is 4.70 Å². The molecule has 0 bridgehead atoms. The SMILES string of the molecule is F.[B]c1c(C)cc(C)cc1C. The van der Waals surface area contributed by atoms with Gasteiger partial charge in [-0.3, -0.25) is 4.70 Å². The molecule has 11 heavy (non-hydrogen) atoms. The Hall–Kier alpha value is -0.785. The van der Waals surface area contributed by atoms with Gasteiger partial charge in [-0.1, -0.05) is 34.3 Å². The van der Waals surface area contributed by atoms with Crippen LogP contribution < -0.4 is 5.46 Å². The summed E-state index contributed by atoms with van der Waals surface area (Å²) in [6, 6.07) is 4.20. The van der Waals surface area contributed by atoms with Gasteiger partial charge in [-0.2, -0.15) is 0 Å². The van der Waals surface area contributed by atoms with E-state index in [1.165, 1.54) is 16.7 Å². The zero-order valence-corrected chi connectivity index (χ0v) is 7.14. The molecule has 0 aliphatic rings. The smallest absolute Gasteiger partial charge is 0.114 e. The van der Waals surface area contributed by atoms with Gasteiger partial charge in [-0.25, -0.2) is 0 Å². The lowest BCUT2D eigenvalue weighted by Crippen LogP contribution is -2.11. The standard InChI is InChI=1S/C9H11B.FH/c1-6-4-7(2)9(10)8(3)5-6;/h4-5H,1-3H3;1H. The van der Waals surface area contributed by atoms with Gasteiger partial charge in [0.05, 0.1) is 0 Å². The molecule has 0 heterocycles. The van der Waals surface area contributed by atoms with E-state index in [0.717, 1.165) is 5.46 Å². The zero-order valence-electron chi connectivity index (χ0n) is 7.14. The minimum absolute atomic E-state index is 0. The van der Waals surface area contributed by atoms with Gasteiger partial charge in [-0.15, -0.1) is 0 Å². The Morgan fingerprint density at radius 1 is 1.00 bits per heavy atom. The summed E-state index contributed by atoms with van der Waals surface area (Å²) in [5.74, 6) is 0. The number of hydrogen-bond acceptors (Lipinski definition) is 0. The number of halogens is 1. The summed E-state index contributed by atoms with van der Waals surface area (Å²) >= 11 is 0. The Labute approximate surface area is 68.4 Å². The van der Waals surface area contributed by atoms with Crippen molar-refractivity contribution in [2.75, 3.05) is 0 Å². The van der Waals surface area contributed by atoms with Crippen LogP contribution in [-0.4, -0.2) is 7.85 Å². The second-order valence-electron chi connectivity index (χ2n) is 2.81. The molecule has 0 amide bonds. The van der Waals surface area contributed by atoms with E-state index in [1.807, 2.05) is 13.8 Å². The van der Waals surface area contributed by atoms with Gasteiger partial charge in [0.2, 0.25) is 0 Å². The van der Waals surface area contributed by atoms with Crippen LogP contribution in [0.5, 0.6) is 0 Å². The Bertz CT molecular complexity index is 233. The third-order valence-electron chi connectivity index (χ3n) is 1.74. The molecule has 0 aromatic heterocycles. The molecule has 0 nitrogen and oxygen atoms in total. The van der Waals surface area contributed by atoms with Crippen molar-refractivity contribution in [3.8, 4) is 0 Å². The van der Waals surface area contributed by atoms with Crippen LogP contribution in [0.25, 0.3) is 0 Å². The summed E-state index contributed by atoms with van der Waals surface area (Å²) in [7, 11) is 5.75. The Kier molecular flexibility index (Phi) is 3.31. The normalized spacial score (nSPS) is 9.00. The summed E-state index contributed by atoms with van der Waals surface area (Å²) in [4.78, 5) is 0. The minimum Gasteiger partial charge on any atom is -0.269 e. The molecule has 0 saturated heterocycles. The third kappa shape index (κ3) is 2.07. The van der Waals surface area contributed by atoms with E-state index in [4.69, 9.17) is 7.85 Å². The van der Waals surface area contributed by atoms with E-state index in [9.17, 15) is 0 Å². The lowest BCUT2D eigenvalue weighted by molar-refractivity contribution is 1.11. The third-order valence-corrected chi connectivity index (χ3v) is 1.74. The molecule has 0 spiro atoms. The molecule has 1 aromatic carbocycles. The Morgan fingerprint density at radius 2 is 1.36 bits per heavy atom. The lowest BCUT2D eigenvalue weighted by Gasteiger charge is -2.05. The van der Waals surface area contributed by atoms with Gasteiger partial charge in [0.15, 0.2) is 0 Å². The number of hydrogen-bond donors (Lipinski definition) is 0. The summed E-state index contributed by atoms with van der Waals surface area (Å²) in [5, 5.41) is 0. The lowest BCUT2D eigenvalue weighted by atomic mass is 9.86. The predicted molar refractivity (Wildman–Crippen MR) is 48.5 cm³/mol. The van der Waals surface area contributed by atoms with E-state index < -0.39 is 0 Å². The summed E-state index contributed by atoms with van der Waals surface area (Å²) in [6.45, 7) is 6.16. The van der Waals surface area contributed by atoms with Crippen LogP contribution in [0, 0.1) is 20.8 Å². The van der Waals surface area contributed by atoms with Crippen LogP contribution in [-0.2, 0) is 0 Å². The molecule has 58 valence electrons. The molecule has 2 heteroatoms. The van der Waals surface area contributed by atoms with E-state index in [2.05, 4.69) is 19.1 Å². The van der Waals surface area contributed by atoms with Gasteiger partial charge in [-0.05, 0) is 20.8 Å². The second-order valence-corrected chi connectivity index (χ2v) is 2.81. The highest BCUT2D eigenvalue weighted by Crippen LogP contribution is 2.03. The maximum atomic E-state index is 5.75. The van der Waals surface area contributed by atoms with Gasteiger partial charge < -0.3 is 0 Å². The highest BCUT2D eigenvalue weighted by molar-refractivity contribution is 6.34. The van der Waals surface area contributed by atoms with Crippen molar-refractivity contribution in [3.05, 3.63) is 28.8 Å². The second kappa shape index (κ2) is 3.56. The van der Waals surface area contributed by atoms with Crippen molar-refractivity contribution in [1.29, 1.82) is 0 Å². The molecule has 0 aliphatic heterocycles. The fourth-order valence-corrected chi connectivity index (χ4v) is 1.19. The summed E-state index contributed by atoms with van der Waals surface area (Å²) in [6.07, 6.45) is 0. The Balaban J connectivity index is 0.000001000. The monoisotopic (exact) mass is 150 g/mol. The van der Waals surface area contributed by atoms with Crippen molar-refractivity contribution in [2.45, 2.75) is 20.8 Å². The van der Waals surface area contributed by atoms with E-state index in [1.54, 1.807) is 0 Å². The van der Waals surface area contributed by atoms with Crippen molar-refractivity contribution in [1.82, 2.24) is 0 Å². The van der Waals surface area contributed by atoms with Crippen molar-refractivity contribution in [3.63, 3.8) is 0 Å². The van der Waals surface area contributed by atoms with Crippen LogP contribution >= 0.6 is 0 Å². The topological polar surface area (TPSA) is 0 Å². The van der Waals surface area contributed by atoms with Crippen LogP contribution in [0.15, 0.2) is 12.1 Å². The van der Waals surface area contributed by atoms with Crippen LogP contribution in [0.1, 0.15) is 16.7 Å². The van der Waals surface area contributed by atoms with Gasteiger partial charge in [0.25, 0.3) is 0 Å². The molecule has 1 rings (SSSR count). The molecule has 0 N–H and O–H groups in total. The molecule has 2 radical (unpaired) electrons. The molecule has 0 fully saturated rings. The van der Waals surface area contributed by atoms with E-state index in [-0.39, 0.29) is 4.70 Å². The molecular formula is C9H12BF. The van der Waals surface area contributed by atoms with Gasteiger partial charge in [0.1, 0.15) is 7.85 Å². The first-order valence-electron chi connectivity index (χ1n) is 3.44. The van der Waals surface area contributed by atoms with Gasteiger partial charge >= 0.3 is 0 Å². The quantitative estimate of drug-likeness (QED) is 0.492. The fraction of sp³-hybridized carbons (Fsp3) is 0.333. The zero-order chi connectivity index (χ0) is 7.72. The molecule has 0 atom stereocenters. The Morgan fingerprint density at radius 3 is 1.73 bits per heavy atom. The van der Waals surface area contributed by atoms with Crippen LogP contribution in [0.2, 0.25) is 0 Å². The maximum absolute atomic E-state index is 5.75. The molecule has 1 aromatic rings. The average Bonchev–Trinajstić information content (AvgIpc) is 1.82. The highest BCUT2D eigenvalue weighted by atomic mass is 19.0.